The van der Waals surface area contributed by atoms with Gasteiger partial charge in [-0.05, 0) is 47.2 Å². The minimum Gasteiger partial charge on any atom is -0.508 e. The van der Waals surface area contributed by atoms with Gasteiger partial charge in [-0.25, -0.2) is 0 Å². The first-order valence-corrected chi connectivity index (χ1v) is 9.08. The molecule has 1 fully saturated rings. The Morgan fingerprint density at radius 2 is 1.88 bits per heavy atom. The van der Waals surface area contributed by atoms with Crippen molar-refractivity contribution in [2.24, 2.45) is 0 Å². The topological polar surface area (TPSA) is 66.4 Å². The Hall–Kier alpha value is -2.88. The first-order chi connectivity index (χ1) is 12.6. The van der Waals surface area contributed by atoms with Crippen molar-refractivity contribution in [2.45, 2.75) is 38.1 Å². The maximum Gasteiger partial charge on any atom is 0.248 e. The van der Waals surface area contributed by atoms with Gasteiger partial charge in [0, 0.05) is 18.4 Å². The van der Waals surface area contributed by atoms with Gasteiger partial charge in [0.2, 0.25) is 5.91 Å². The van der Waals surface area contributed by atoms with Crippen LogP contribution in [0.15, 0.2) is 54.1 Å². The maximum absolute atomic E-state index is 13.0. The van der Waals surface area contributed by atoms with Crippen LogP contribution < -0.4 is 5.32 Å². The molecule has 1 amide bonds. The Balaban J connectivity index is 1.72. The highest BCUT2D eigenvalue weighted by Crippen LogP contribution is 2.39. The van der Waals surface area contributed by atoms with E-state index in [1.54, 1.807) is 12.1 Å². The van der Waals surface area contributed by atoms with Crippen molar-refractivity contribution in [3.63, 3.8) is 0 Å². The standard InChI is InChI=1S/C22H21NO3/c24-16-10-11-17-15(12-16)13-18(21(17)14-6-2-1-3-7-14)22(26)23-19-8-4-5-9-20(19)25/h1-3,6-7,10-12,19,24H,4-5,8-9,13H2,(H,23,26). The zero-order chi connectivity index (χ0) is 18.1. The van der Waals surface area contributed by atoms with Crippen LogP contribution in [0.5, 0.6) is 5.75 Å². The number of ketones is 1. The molecule has 2 aromatic rings. The van der Waals surface area contributed by atoms with E-state index in [1.165, 1.54) is 0 Å². The molecule has 1 atom stereocenters. The number of carbonyl (C=O) groups excluding carboxylic acids is 2. The Morgan fingerprint density at radius 3 is 2.65 bits per heavy atom. The van der Waals surface area contributed by atoms with Gasteiger partial charge in [0.25, 0.3) is 0 Å². The van der Waals surface area contributed by atoms with Gasteiger partial charge < -0.3 is 10.4 Å². The number of phenols is 1. The number of benzene rings is 2. The smallest absolute Gasteiger partial charge is 0.248 e. The number of rotatable bonds is 3. The summed E-state index contributed by atoms with van der Waals surface area (Å²) in [6, 6.07) is 14.6. The number of phenolic OH excluding ortho intramolecular Hbond substituents is 1. The molecule has 4 heteroatoms. The van der Waals surface area contributed by atoms with E-state index in [9.17, 15) is 14.7 Å². The Kier molecular flexibility index (Phi) is 4.33. The molecule has 0 aromatic heterocycles. The van der Waals surface area contributed by atoms with Crippen molar-refractivity contribution in [3.05, 3.63) is 70.8 Å². The van der Waals surface area contributed by atoms with E-state index >= 15 is 0 Å². The van der Waals surface area contributed by atoms with E-state index in [0.717, 1.165) is 35.1 Å². The Morgan fingerprint density at radius 1 is 1.08 bits per heavy atom. The second kappa shape index (κ2) is 6.79. The molecule has 1 saturated carbocycles. The van der Waals surface area contributed by atoms with Crippen LogP contribution in [0.25, 0.3) is 5.57 Å². The lowest BCUT2D eigenvalue weighted by atomic mass is 9.93. The van der Waals surface area contributed by atoms with Gasteiger partial charge in [0.05, 0.1) is 6.04 Å². The van der Waals surface area contributed by atoms with Crippen LogP contribution in [-0.2, 0) is 16.0 Å². The second-order valence-corrected chi connectivity index (χ2v) is 6.98. The summed E-state index contributed by atoms with van der Waals surface area (Å²) in [6.07, 6.45) is 3.60. The molecule has 2 N–H and O–H groups in total. The highest BCUT2D eigenvalue weighted by molar-refractivity contribution is 6.08. The number of nitrogens with one attached hydrogen (secondary N) is 1. The molecule has 1 unspecified atom stereocenters. The minimum atomic E-state index is -0.377. The Bertz CT molecular complexity index is 899. The zero-order valence-electron chi connectivity index (χ0n) is 14.5. The molecule has 4 rings (SSSR count). The van der Waals surface area contributed by atoms with Crippen LogP contribution in [0.1, 0.15) is 42.4 Å². The van der Waals surface area contributed by atoms with E-state index in [2.05, 4.69) is 5.32 Å². The molecule has 2 aliphatic carbocycles. The summed E-state index contributed by atoms with van der Waals surface area (Å²) in [7, 11) is 0. The molecule has 0 saturated heterocycles. The number of hydrogen-bond donors (Lipinski definition) is 2. The van der Waals surface area contributed by atoms with Crippen LogP contribution in [-0.4, -0.2) is 22.8 Å². The van der Waals surface area contributed by atoms with Crippen LogP contribution in [0, 0.1) is 0 Å². The third kappa shape index (κ3) is 3.03. The average Bonchev–Trinajstić information content (AvgIpc) is 3.03. The van der Waals surface area contributed by atoms with E-state index in [-0.39, 0.29) is 23.5 Å². The molecule has 4 nitrogen and oxygen atoms in total. The van der Waals surface area contributed by atoms with E-state index < -0.39 is 0 Å². The van der Waals surface area contributed by atoms with Crippen molar-refractivity contribution in [1.82, 2.24) is 5.32 Å². The molecular formula is C22H21NO3. The van der Waals surface area contributed by atoms with Crippen molar-refractivity contribution in [3.8, 4) is 5.75 Å². The molecule has 0 radical (unpaired) electrons. The summed E-state index contributed by atoms with van der Waals surface area (Å²) in [6.45, 7) is 0. The fourth-order valence-electron chi connectivity index (χ4n) is 3.92. The van der Waals surface area contributed by atoms with E-state index in [1.807, 2.05) is 36.4 Å². The van der Waals surface area contributed by atoms with Crippen LogP contribution in [0.3, 0.4) is 0 Å². The predicted octanol–water partition coefficient (Wildman–Crippen LogP) is 3.38. The molecule has 2 aromatic carbocycles. The van der Waals surface area contributed by atoms with Gasteiger partial charge in [-0.1, -0.05) is 42.8 Å². The normalized spacial score (nSPS) is 19.4. The third-order valence-corrected chi connectivity index (χ3v) is 5.22. The van der Waals surface area contributed by atoms with Gasteiger partial charge in [0.1, 0.15) is 5.75 Å². The summed E-state index contributed by atoms with van der Waals surface area (Å²) in [5, 5.41) is 12.8. The summed E-state index contributed by atoms with van der Waals surface area (Å²) in [5.41, 5.74) is 4.42. The van der Waals surface area contributed by atoms with Gasteiger partial charge in [0.15, 0.2) is 5.78 Å². The van der Waals surface area contributed by atoms with Crippen molar-refractivity contribution in [1.29, 1.82) is 0 Å². The highest BCUT2D eigenvalue weighted by Gasteiger charge is 2.30. The lowest BCUT2D eigenvalue weighted by molar-refractivity contribution is -0.127. The number of hydrogen-bond acceptors (Lipinski definition) is 3. The highest BCUT2D eigenvalue weighted by atomic mass is 16.3. The third-order valence-electron chi connectivity index (χ3n) is 5.22. The van der Waals surface area contributed by atoms with Crippen LogP contribution in [0.4, 0.5) is 0 Å². The fourth-order valence-corrected chi connectivity index (χ4v) is 3.92. The average molecular weight is 347 g/mol. The zero-order valence-corrected chi connectivity index (χ0v) is 14.5. The van der Waals surface area contributed by atoms with Gasteiger partial charge in [-0.3, -0.25) is 9.59 Å². The lowest BCUT2D eigenvalue weighted by Crippen LogP contribution is -2.43. The summed E-state index contributed by atoms with van der Waals surface area (Å²) >= 11 is 0. The molecular weight excluding hydrogens is 326 g/mol. The predicted molar refractivity (Wildman–Crippen MR) is 99.7 cm³/mol. The molecule has 0 heterocycles. The summed E-state index contributed by atoms with van der Waals surface area (Å²) < 4.78 is 0. The first kappa shape index (κ1) is 16.6. The first-order valence-electron chi connectivity index (χ1n) is 9.08. The number of carbonyl (C=O) groups is 2. The number of Topliss-reactive ketones (excluding diaryl/α,β-unsaturated/α-hetero) is 1. The summed E-state index contributed by atoms with van der Waals surface area (Å²) in [4.78, 5) is 25.1. The molecule has 26 heavy (non-hydrogen) atoms. The fraction of sp³-hybridized carbons (Fsp3) is 0.273. The molecule has 0 aliphatic heterocycles. The lowest BCUT2D eigenvalue weighted by Gasteiger charge is -2.22. The number of amides is 1. The number of aromatic hydroxyl groups is 1. The van der Waals surface area contributed by atoms with E-state index in [0.29, 0.717) is 24.8 Å². The SMILES string of the molecule is O=C(NC1CCCCC1=O)C1=C(c2ccccc2)c2ccc(O)cc2C1. The minimum absolute atomic E-state index is 0.125. The largest absolute Gasteiger partial charge is 0.508 e. The monoisotopic (exact) mass is 347 g/mol. The molecule has 0 bridgehead atoms. The van der Waals surface area contributed by atoms with E-state index in [4.69, 9.17) is 0 Å². The van der Waals surface area contributed by atoms with Gasteiger partial charge >= 0.3 is 0 Å². The molecule has 132 valence electrons. The van der Waals surface area contributed by atoms with Crippen LogP contribution >= 0.6 is 0 Å². The molecule has 0 spiro atoms. The van der Waals surface area contributed by atoms with Gasteiger partial charge in [-0.2, -0.15) is 0 Å². The number of fused-ring (bicyclic) bond motifs is 1. The van der Waals surface area contributed by atoms with Crippen molar-refractivity contribution < 1.29 is 14.7 Å². The maximum atomic E-state index is 13.0. The second-order valence-electron chi connectivity index (χ2n) is 6.98. The summed E-state index contributed by atoms with van der Waals surface area (Å²) in [5.74, 6) is 0.139. The Labute approximate surface area is 152 Å². The van der Waals surface area contributed by atoms with Crippen molar-refractivity contribution in [2.75, 3.05) is 0 Å². The molecule has 2 aliphatic rings. The van der Waals surface area contributed by atoms with Gasteiger partial charge in [-0.15, -0.1) is 0 Å². The van der Waals surface area contributed by atoms with Crippen molar-refractivity contribution >= 4 is 17.3 Å². The quantitative estimate of drug-likeness (QED) is 0.894. The van der Waals surface area contributed by atoms with Crippen LogP contribution in [0.2, 0.25) is 0 Å².